The zero-order valence-electron chi connectivity index (χ0n) is 17.8. The molecule has 0 spiro atoms. The van der Waals surface area contributed by atoms with Crippen LogP contribution in [0, 0.1) is 5.92 Å². The number of rotatable bonds is 11. The van der Waals surface area contributed by atoms with Crippen LogP contribution in [-0.2, 0) is 9.53 Å². The van der Waals surface area contributed by atoms with Crippen molar-refractivity contribution in [3.8, 4) is 0 Å². The van der Waals surface area contributed by atoms with Crippen LogP contribution in [0.2, 0.25) is 0 Å². The number of piperidine rings is 2. The van der Waals surface area contributed by atoms with Gasteiger partial charge in [0.25, 0.3) is 0 Å². The average Bonchev–Trinajstić information content (AvgIpc) is 3.24. The molecule has 3 heterocycles. The molecule has 3 fully saturated rings. The van der Waals surface area contributed by atoms with Crippen LogP contribution in [0.15, 0.2) is 0 Å². The number of amides is 1. The van der Waals surface area contributed by atoms with Crippen molar-refractivity contribution in [2.75, 3.05) is 45.6 Å². The Bertz CT molecular complexity index is 458. The summed E-state index contributed by atoms with van der Waals surface area (Å²) in [7, 11) is 5.83. The summed E-state index contributed by atoms with van der Waals surface area (Å²) in [5.74, 6) is 2.37. The predicted octanol–water partition coefficient (Wildman–Crippen LogP) is 4.83. The fourth-order valence-electron chi connectivity index (χ4n) is 5.16. The van der Waals surface area contributed by atoms with Gasteiger partial charge in [0.15, 0.2) is 0 Å². The number of nitrogens with zero attached hydrogens (tertiary/aromatic N) is 2. The molecule has 3 rings (SSSR count). The summed E-state index contributed by atoms with van der Waals surface area (Å²) in [6.45, 7) is 5.14. The Hall–Kier alpha value is 0.0900. The topological polar surface area (TPSA) is 32.8 Å². The normalized spacial score (nSPS) is 28.2. The number of fused-ring (bicyclic) bond motifs is 1. The first-order valence-corrected chi connectivity index (χ1v) is 13.9. The lowest BCUT2D eigenvalue weighted by Gasteiger charge is -2.45. The quantitative estimate of drug-likeness (QED) is 0.348. The molecule has 0 saturated carbocycles. The molecule has 0 radical (unpaired) electrons. The molecule has 0 unspecified atom stereocenters. The lowest BCUT2D eigenvalue weighted by molar-refractivity contribution is -0.133. The number of carbonyl (C=O) groups is 1. The summed E-state index contributed by atoms with van der Waals surface area (Å²) < 4.78 is 5.25. The van der Waals surface area contributed by atoms with E-state index in [9.17, 15) is 4.79 Å². The van der Waals surface area contributed by atoms with Crippen molar-refractivity contribution in [1.82, 2.24) is 9.80 Å². The highest BCUT2D eigenvalue weighted by atomic mass is 33.1. The highest BCUT2D eigenvalue weighted by Crippen LogP contribution is 2.40. The minimum Gasteiger partial charge on any atom is -0.385 e. The summed E-state index contributed by atoms with van der Waals surface area (Å²) in [6, 6.07) is 0.720. The van der Waals surface area contributed by atoms with E-state index >= 15 is 0 Å². The van der Waals surface area contributed by atoms with Gasteiger partial charge in [0.2, 0.25) is 5.91 Å². The number of hydrogen-bond donors (Lipinski definition) is 0. The minimum atomic E-state index is 0.387. The van der Waals surface area contributed by atoms with Crippen LogP contribution in [0.4, 0.5) is 0 Å². The van der Waals surface area contributed by atoms with Gasteiger partial charge in [-0.1, -0.05) is 34.4 Å². The maximum Gasteiger partial charge on any atom is 0.222 e. The van der Waals surface area contributed by atoms with E-state index < -0.39 is 0 Å². The van der Waals surface area contributed by atoms with E-state index in [4.69, 9.17) is 4.74 Å². The van der Waals surface area contributed by atoms with Crippen molar-refractivity contribution in [3.63, 3.8) is 0 Å². The standard InChI is InChI=1S/C22H40N2O2S2/c1-26-16-7-15-24(22(25)11-3-2-9-20-12-17-27-28-20)18-19-8-6-14-23-13-5-4-10-21(19)23/h19-21H,2-18H2,1H3/t19-,20+,21+/m0/s1. The molecule has 3 saturated heterocycles. The highest BCUT2D eigenvalue weighted by molar-refractivity contribution is 8.77. The molecule has 0 aromatic carbocycles. The Morgan fingerprint density at radius 3 is 2.82 bits per heavy atom. The van der Waals surface area contributed by atoms with Crippen molar-refractivity contribution in [1.29, 1.82) is 0 Å². The van der Waals surface area contributed by atoms with Crippen LogP contribution in [-0.4, -0.2) is 72.6 Å². The van der Waals surface area contributed by atoms with Crippen molar-refractivity contribution < 1.29 is 9.53 Å². The number of unbranched alkanes of at least 4 members (excludes halogenated alkanes) is 1. The second-order valence-corrected chi connectivity index (χ2v) is 11.5. The van der Waals surface area contributed by atoms with E-state index in [0.29, 0.717) is 11.8 Å². The molecule has 0 bridgehead atoms. The Balaban J connectivity index is 1.46. The van der Waals surface area contributed by atoms with Gasteiger partial charge in [-0.15, -0.1) is 0 Å². The van der Waals surface area contributed by atoms with Gasteiger partial charge in [-0.2, -0.15) is 0 Å². The second kappa shape index (κ2) is 12.7. The lowest BCUT2D eigenvalue weighted by Crippen LogP contribution is -2.51. The minimum absolute atomic E-state index is 0.387. The highest BCUT2D eigenvalue weighted by Gasteiger charge is 2.34. The zero-order chi connectivity index (χ0) is 19.6. The Morgan fingerprint density at radius 1 is 1.11 bits per heavy atom. The van der Waals surface area contributed by atoms with Gasteiger partial charge in [0, 0.05) is 50.3 Å². The Kier molecular flexibility index (Phi) is 10.3. The third-order valence-electron chi connectivity index (χ3n) is 6.71. The number of carbonyl (C=O) groups excluding carboxylic acids is 1. The van der Waals surface area contributed by atoms with Gasteiger partial charge in [-0.05, 0) is 70.4 Å². The van der Waals surface area contributed by atoms with Crippen molar-refractivity contribution in [3.05, 3.63) is 0 Å². The molecule has 6 heteroatoms. The molecule has 3 aliphatic heterocycles. The average molecular weight is 429 g/mol. The van der Waals surface area contributed by atoms with E-state index in [2.05, 4.69) is 20.6 Å². The van der Waals surface area contributed by atoms with E-state index in [1.807, 2.05) is 10.8 Å². The van der Waals surface area contributed by atoms with Crippen LogP contribution < -0.4 is 0 Å². The smallest absolute Gasteiger partial charge is 0.222 e. The van der Waals surface area contributed by atoms with Crippen LogP contribution in [0.25, 0.3) is 0 Å². The maximum atomic E-state index is 13.0. The molecule has 0 aromatic heterocycles. The molecule has 4 nitrogen and oxygen atoms in total. The molecule has 0 N–H and O–H groups in total. The number of ether oxygens (including phenoxy) is 1. The molecule has 162 valence electrons. The second-order valence-electron chi connectivity index (χ2n) is 8.76. The number of methoxy groups -OCH3 is 1. The third-order valence-corrected chi connectivity index (χ3v) is 9.71. The molecule has 0 aliphatic carbocycles. The van der Waals surface area contributed by atoms with Crippen LogP contribution in [0.5, 0.6) is 0 Å². The van der Waals surface area contributed by atoms with E-state index in [1.165, 1.54) is 70.2 Å². The van der Waals surface area contributed by atoms with E-state index in [1.54, 1.807) is 7.11 Å². The van der Waals surface area contributed by atoms with E-state index in [0.717, 1.165) is 50.3 Å². The fraction of sp³-hybridized carbons (Fsp3) is 0.955. The first kappa shape index (κ1) is 22.8. The van der Waals surface area contributed by atoms with Gasteiger partial charge >= 0.3 is 0 Å². The Morgan fingerprint density at radius 2 is 2.00 bits per heavy atom. The van der Waals surface area contributed by atoms with Gasteiger partial charge in [-0.25, -0.2) is 0 Å². The Labute approximate surface area is 180 Å². The van der Waals surface area contributed by atoms with Gasteiger partial charge < -0.3 is 14.5 Å². The lowest BCUT2D eigenvalue weighted by atomic mass is 9.83. The van der Waals surface area contributed by atoms with Crippen molar-refractivity contribution >= 4 is 27.5 Å². The van der Waals surface area contributed by atoms with Gasteiger partial charge in [-0.3, -0.25) is 4.79 Å². The molecule has 0 aromatic rings. The molecular formula is C22H40N2O2S2. The molecule has 3 aliphatic rings. The van der Waals surface area contributed by atoms with Crippen LogP contribution >= 0.6 is 21.6 Å². The monoisotopic (exact) mass is 428 g/mol. The summed E-state index contributed by atoms with van der Waals surface area (Å²) in [5.41, 5.74) is 0. The summed E-state index contributed by atoms with van der Waals surface area (Å²) >= 11 is 0. The SMILES string of the molecule is COCCCN(C[C@@H]1CCCN2CCCC[C@H]12)C(=O)CCCC[C@@H]1CCSS1. The zero-order valence-corrected chi connectivity index (χ0v) is 19.4. The van der Waals surface area contributed by atoms with Gasteiger partial charge in [0.1, 0.15) is 0 Å². The summed E-state index contributed by atoms with van der Waals surface area (Å²) in [4.78, 5) is 17.9. The van der Waals surface area contributed by atoms with E-state index in [-0.39, 0.29) is 0 Å². The molecule has 3 atom stereocenters. The molecular weight excluding hydrogens is 388 g/mol. The van der Waals surface area contributed by atoms with Crippen molar-refractivity contribution in [2.45, 2.75) is 81.9 Å². The first-order chi connectivity index (χ1) is 13.8. The molecule has 1 amide bonds. The van der Waals surface area contributed by atoms with Crippen LogP contribution in [0.3, 0.4) is 0 Å². The maximum absolute atomic E-state index is 13.0. The number of hydrogen-bond acceptors (Lipinski definition) is 5. The predicted molar refractivity (Wildman–Crippen MR) is 122 cm³/mol. The first-order valence-electron chi connectivity index (χ1n) is 11.6. The largest absolute Gasteiger partial charge is 0.385 e. The van der Waals surface area contributed by atoms with Gasteiger partial charge in [0.05, 0.1) is 0 Å². The van der Waals surface area contributed by atoms with Crippen LogP contribution in [0.1, 0.15) is 70.6 Å². The summed E-state index contributed by atoms with van der Waals surface area (Å²) in [5, 5.41) is 0.831. The molecule has 28 heavy (non-hydrogen) atoms. The van der Waals surface area contributed by atoms with Crippen molar-refractivity contribution in [2.24, 2.45) is 5.92 Å². The third kappa shape index (κ3) is 7.10. The fourth-order valence-corrected chi connectivity index (χ4v) is 8.19. The summed E-state index contributed by atoms with van der Waals surface area (Å²) in [6.07, 6.45) is 13.3.